The van der Waals surface area contributed by atoms with E-state index in [1.807, 2.05) is 24.3 Å². The van der Waals surface area contributed by atoms with E-state index in [-0.39, 0.29) is 22.2 Å². The number of oxazole rings is 2. The van der Waals surface area contributed by atoms with Crippen molar-refractivity contribution in [2.24, 2.45) is 5.73 Å². The van der Waals surface area contributed by atoms with Gasteiger partial charge in [0.15, 0.2) is 30.8 Å². The van der Waals surface area contributed by atoms with E-state index < -0.39 is 25.8 Å². The Morgan fingerprint density at radius 1 is 0.755 bits per heavy atom. The number of hydrogen-bond acceptors (Lipinski definition) is 11. The van der Waals surface area contributed by atoms with E-state index in [9.17, 15) is 21.6 Å². The smallest absolute Gasteiger partial charge is 0.257 e. The molecule has 0 aliphatic rings. The Labute approximate surface area is 303 Å². The van der Waals surface area contributed by atoms with Gasteiger partial charge in [0.1, 0.15) is 22.8 Å². The predicted molar refractivity (Wildman–Crippen MR) is 197 cm³/mol. The maximum absolute atomic E-state index is 14.2. The average Bonchev–Trinajstić information content (AvgIpc) is 3.90. The number of nitrogens with zero attached hydrogens (tertiary/aromatic N) is 5. The van der Waals surface area contributed by atoms with Gasteiger partial charge in [0.05, 0.1) is 15.4 Å². The Hall–Kier alpha value is -6.16. The summed E-state index contributed by atoms with van der Waals surface area (Å²) in [4.78, 5) is 29.3. The van der Waals surface area contributed by atoms with Gasteiger partial charge in [-0.05, 0) is 83.9 Å². The number of pyridine rings is 1. The van der Waals surface area contributed by atoms with Crippen LogP contribution in [0.3, 0.4) is 0 Å². The molecule has 53 heavy (non-hydrogen) atoms. The van der Waals surface area contributed by atoms with Gasteiger partial charge in [-0.1, -0.05) is 24.3 Å². The van der Waals surface area contributed by atoms with Crippen LogP contribution >= 0.6 is 0 Å². The molecule has 1 atom stereocenters. The number of benzene rings is 4. The SMILES string of the molecule is CS(=O)(=O)c1ccc2oc(-c3ccc(CN(C(=O)c4ccc5nccn5c4)C(N)c4ccc(-c5nc6cc(S(C)(=O)=O)ccc6o5)cc4)cc3)nc2c1. The van der Waals surface area contributed by atoms with Crippen molar-refractivity contribution >= 4 is 53.4 Å². The van der Waals surface area contributed by atoms with Crippen LogP contribution in [0.1, 0.15) is 27.7 Å². The first-order valence-corrected chi connectivity index (χ1v) is 20.0. The van der Waals surface area contributed by atoms with Crippen molar-refractivity contribution in [3.05, 3.63) is 132 Å². The quantitative estimate of drug-likeness (QED) is 0.170. The van der Waals surface area contributed by atoms with Crippen molar-refractivity contribution in [2.45, 2.75) is 22.5 Å². The minimum absolute atomic E-state index is 0.147. The highest BCUT2D eigenvalue weighted by Crippen LogP contribution is 2.30. The van der Waals surface area contributed by atoms with Crippen molar-refractivity contribution < 1.29 is 30.5 Å². The monoisotopic (exact) mass is 746 g/mol. The van der Waals surface area contributed by atoms with E-state index in [1.54, 1.807) is 76.4 Å². The van der Waals surface area contributed by atoms with Gasteiger partial charge in [-0.3, -0.25) is 4.79 Å². The highest BCUT2D eigenvalue weighted by molar-refractivity contribution is 7.91. The van der Waals surface area contributed by atoms with Gasteiger partial charge < -0.3 is 23.9 Å². The summed E-state index contributed by atoms with van der Waals surface area (Å²) in [5.41, 5.74) is 12.5. The van der Waals surface area contributed by atoms with Gasteiger partial charge in [-0.25, -0.2) is 31.8 Å². The van der Waals surface area contributed by atoms with Crippen molar-refractivity contribution in [2.75, 3.05) is 12.5 Å². The van der Waals surface area contributed by atoms with Crippen molar-refractivity contribution in [1.29, 1.82) is 0 Å². The molecule has 4 heterocycles. The topological polar surface area (TPSA) is 184 Å². The number of sulfone groups is 2. The normalized spacial score (nSPS) is 12.8. The first kappa shape index (κ1) is 34.0. The lowest BCUT2D eigenvalue weighted by Gasteiger charge is -2.30. The zero-order chi connectivity index (χ0) is 37.1. The Kier molecular flexibility index (Phi) is 8.20. The summed E-state index contributed by atoms with van der Waals surface area (Å²) in [6.07, 6.45) is 6.53. The summed E-state index contributed by atoms with van der Waals surface area (Å²) < 4.78 is 61.7. The molecule has 0 radical (unpaired) electrons. The molecule has 0 bridgehead atoms. The molecule has 15 heteroatoms. The maximum Gasteiger partial charge on any atom is 0.257 e. The Balaban J connectivity index is 1.08. The summed E-state index contributed by atoms with van der Waals surface area (Å²) >= 11 is 0. The van der Waals surface area contributed by atoms with Crippen molar-refractivity contribution in [3.63, 3.8) is 0 Å². The number of rotatable bonds is 9. The number of carbonyl (C=O) groups excluding carboxylic acids is 1. The van der Waals surface area contributed by atoms with Crippen LogP contribution in [-0.4, -0.2) is 59.5 Å². The van der Waals surface area contributed by atoms with Crippen molar-refractivity contribution in [1.82, 2.24) is 24.3 Å². The third-order valence-electron chi connectivity index (χ3n) is 8.86. The van der Waals surface area contributed by atoms with E-state index in [1.165, 1.54) is 24.3 Å². The van der Waals surface area contributed by atoms with Crippen LogP contribution in [0.25, 0.3) is 50.8 Å². The molecular weight excluding hydrogens is 717 g/mol. The standard InChI is InChI=1S/C38H30N6O7S2/c1-52(46,47)28-12-14-32-30(19-28)41-36(50-32)25-5-3-23(4-6-25)21-44(38(45)27-11-16-34-40-17-18-43(34)22-27)35(39)24-7-9-26(10-8-24)37-42-31-20-29(53(2,48)49)13-15-33(31)51-37/h3-20,22,35H,21,39H2,1-2H3. The summed E-state index contributed by atoms with van der Waals surface area (Å²) in [6, 6.07) is 27.0. The molecule has 0 aliphatic carbocycles. The van der Waals surface area contributed by atoms with Gasteiger partial charge in [-0.15, -0.1) is 0 Å². The molecule has 13 nitrogen and oxygen atoms in total. The number of fused-ring (bicyclic) bond motifs is 3. The number of nitrogens with two attached hydrogens (primary N) is 1. The first-order chi connectivity index (χ1) is 25.3. The fourth-order valence-corrected chi connectivity index (χ4v) is 7.27. The molecule has 8 rings (SSSR count). The largest absolute Gasteiger partial charge is 0.436 e. The maximum atomic E-state index is 14.2. The van der Waals surface area contributed by atoms with Gasteiger partial charge in [0.25, 0.3) is 5.91 Å². The molecule has 4 aromatic carbocycles. The summed E-state index contributed by atoms with van der Waals surface area (Å²) in [5.74, 6) is 0.329. The van der Waals surface area contributed by atoms with E-state index in [0.717, 1.165) is 18.1 Å². The summed E-state index contributed by atoms with van der Waals surface area (Å²) in [7, 11) is -6.82. The molecule has 0 aliphatic heterocycles. The van der Waals surface area contributed by atoms with Gasteiger partial charge in [0.2, 0.25) is 11.8 Å². The molecular formula is C38H30N6O7S2. The van der Waals surface area contributed by atoms with Crippen LogP contribution in [-0.2, 0) is 26.2 Å². The number of amides is 1. The molecule has 8 aromatic rings. The zero-order valence-corrected chi connectivity index (χ0v) is 29.9. The van der Waals surface area contributed by atoms with Gasteiger partial charge >= 0.3 is 0 Å². The second-order valence-electron chi connectivity index (χ2n) is 12.6. The molecule has 4 aromatic heterocycles. The molecule has 0 saturated heterocycles. The van der Waals surface area contributed by atoms with E-state index >= 15 is 0 Å². The van der Waals surface area contributed by atoms with Crippen LogP contribution < -0.4 is 5.73 Å². The predicted octanol–water partition coefficient (Wildman–Crippen LogP) is 6.06. The minimum atomic E-state index is -3.41. The average molecular weight is 747 g/mol. The van der Waals surface area contributed by atoms with Crippen molar-refractivity contribution in [3.8, 4) is 22.9 Å². The third-order valence-corrected chi connectivity index (χ3v) is 11.1. The molecule has 1 unspecified atom stereocenters. The first-order valence-electron chi connectivity index (χ1n) is 16.2. The second kappa shape index (κ2) is 12.8. The van der Waals surface area contributed by atoms with Crippen LogP contribution in [0.2, 0.25) is 0 Å². The molecule has 266 valence electrons. The summed E-state index contributed by atoms with van der Waals surface area (Å²) in [6.45, 7) is 0.156. The molecule has 0 saturated carbocycles. The Bertz CT molecular complexity index is 2920. The third kappa shape index (κ3) is 6.68. The Morgan fingerprint density at radius 2 is 1.30 bits per heavy atom. The Morgan fingerprint density at radius 3 is 1.85 bits per heavy atom. The number of hydrogen-bond donors (Lipinski definition) is 1. The minimum Gasteiger partial charge on any atom is -0.436 e. The number of imidazole rings is 1. The lowest BCUT2D eigenvalue weighted by atomic mass is 10.1. The summed E-state index contributed by atoms with van der Waals surface area (Å²) in [5, 5.41) is 0. The highest BCUT2D eigenvalue weighted by Gasteiger charge is 2.25. The molecule has 2 N–H and O–H groups in total. The second-order valence-corrected chi connectivity index (χ2v) is 16.7. The van der Waals surface area contributed by atoms with Crippen LogP contribution in [0, 0.1) is 0 Å². The van der Waals surface area contributed by atoms with Crippen LogP contribution in [0.15, 0.2) is 134 Å². The number of aromatic nitrogens is 4. The zero-order valence-electron chi connectivity index (χ0n) is 28.2. The van der Waals surface area contributed by atoms with Gasteiger partial charge in [-0.2, -0.15) is 0 Å². The van der Waals surface area contributed by atoms with E-state index in [4.69, 9.17) is 14.6 Å². The number of carbonyl (C=O) groups is 1. The van der Waals surface area contributed by atoms with E-state index in [0.29, 0.717) is 61.9 Å². The van der Waals surface area contributed by atoms with E-state index in [2.05, 4.69) is 15.0 Å². The lowest BCUT2D eigenvalue weighted by molar-refractivity contribution is 0.0662. The fourth-order valence-electron chi connectivity index (χ4n) is 5.98. The van der Waals surface area contributed by atoms with Gasteiger partial charge in [0, 0.05) is 48.8 Å². The lowest BCUT2D eigenvalue weighted by Crippen LogP contribution is -2.39. The van der Waals surface area contributed by atoms with Crippen LogP contribution in [0.5, 0.6) is 0 Å². The molecule has 1 amide bonds. The molecule has 0 spiro atoms. The van der Waals surface area contributed by atoms with Crippen LogP contribution in [0.4, 0.5) is 0 Å². The fraction of sp³-hybridized carbons (Fsp3) is 0.105. The molecule has 0 fully saturated rings. The highest BCUT2D eigenvalue weighted by atomic mass is 32.2.